The summed E-state index contributed by atoms with van der Waals surface area (Å²) in [5.41, 5.74) is 2.00. The van der Waals surface area contributed by atoms with Crippen molar-refractivity contribution in [3.8, 4) is 11.3 Å². The predicted octanol–water partition coefficient (Wildman–Crippen LogP) is 4.50. The van der Waals surface area contributed by atoms with E-state index in [-0.39, 0.29) is 17.4 Å². The standard InChI is InChI=1S/C19H22ClN5O/c1-11(2)18(26)23-16-14-15(12-6-8-13(20)9-7-12)24-25(19(3,4)5)17(14)22-10-21-16/h6-11H,1-5H3,(H,21,22,23,26). The maximum absolute atomic E-state index is 12.2. The van der Waals surface area contributed by atoms with Crippen molar-refractivity contribution in [3.63, 3.8) is 0 Å². The Morgan fingerprint density at radius 3 is 2.38 bits per heavy atom. The number of nitrogens with zero attached hydrogens (tertiary/aromatic N) is 4. The van der Waals surface area contributed by atoms with Gasteiger partial charge in [-0.05, 0) is 32.9 Å². The minimum Gasteiger partial charge on any atom is -0.310 e. The molecule has 136 valence electrons. The lowest BCUT2D eigenvalue weighted by molar-refractivity contribution is -0.118. The molecule has 2 aromatic heterocycles. The largest absolute Gasteiger partial charge is 0.310 e. The van der Waals surface area contributed by atoms with Gasteiger partial charge in [0, 0.05) is 16.5 Å². The van der Waals surface area contributed by atoms with E-state index in [1.54, 1.807) is 0 Å². The molecule has 6 nitrogen and oxygen atoms in total. The van der Waals surface area contributed by atoms with Gasteiger partial charge in [0.1, 0.15) is 17.8 Å². The van der Waals surface area contributed by atoms with E-state index in [4.69, 9.17) is 16.7 Å². The fourth-order valence-corrected chi connectivity index (χ4v) is 2.71. The third kappa shape index (κ3) is 3.42. The molecule has 0 aliphatic rings. The first-order valence-electron chi connectivity index (χ1n) is 8.49. The highest BCUT2D eigenvalue weighted by molar-refractivity contribution is 6.30. The summed E-state index contributed by atoms with van der Waals surface area (Å²) in [7, 11) is 0. The normalized spacial score (nSPS) is 12.0. The third-order valence-corrected chi connectivity index (χ3v) is 4.24. The zero-order valence-electron chi connectivity index (χ0n) is 15.5. The number of amides is 1. The van der Waals surface area contributed by atoms with Gasteiger partial charge in [-0.25, -0.2) is 14.6 Å². The molecular weight excluding hydrogens is 350 g/mol. The van der Waals surface area contributed by atoms with Gasteiger partial charge in [0.05, 0.1) is 10.9 Å². The Morgan fingerprint density at radius 1 is 1.15 bits per heavy atom. The molecule has 0 radical (unpaired) electrons. The Labute approximate surface area is 157 Å². The van der Waals surface area contributed by atoms with Crippen molar-refractivity contribution in [2.75, 3.05) is 5.32 Å². The van der Waals surface area contributed by atoms with E-state index < -0.39 is 0 Å². The van der Waals surface area contributed by atoms with E-state index in [2.05, 4.69) is 36.1 Å². The molecule has 2 heterocycles. The fourth-order valence-electron chi connectivity index (χ4n) is 2.59. The predicted molar refractivity (Wildman–Crippen MR) is 104 cm³/mol. The van der Waals surface area contributed by atoms with Crippen molar-refractivity contribution in [2.24, 2.45) is 5.92 Å². The molecule has 3 aromatic rings. The zero-order valence-corrected chi connectivity index (χ0v) is 16.3. The summed E-state index contributed by atoms with van der Waals surface area (Å²) in [6.45, 7) is 9.84. The second-order valence-electron chi connectivity index (χ2n) is 7.50. The number of nitrogens with one attached hydrogen (secondary N) is 1. The zero-order chi connectivity index (χ0) is 19.1. The summed E-state index contributed by atoms with van der Waals surface area (Å²) in [5.74, 6) is 0.210. The summed E-state index contributed by atoms with van der Waals surface area (Å²) in [4.78, 5) is 21.0. The number of halogens is 1. The van der Waals surface area contributed by atoms with E-state index in [1.165, 1.54) is 6.33 Å². The molecule has 0 atom stereocenters. The Balaban J connectivity index is 2.28. The minimum absolute atomic E-state index is 0.101. The molecule has 3 rings (SSSR count). The quantitative estimate of drug-likeness (QED) is 0.735. The van der Waals surface area contributed by atoms with Gasteiger partial charge >= 0.3 is 0 Å². The Bertz CT molecular complexity index is 954. The molecule has 0 bridgehead atoms. The Hall–Kier alpha value is -2.47. The maximum Gasteiger partial charge on any atom is 0.228 e. The van der Waals surface area contributed by atoms with Gasteiger partial charge in [0.15, 0.2) is 5.65 Å². The van der Waals surface area contributed by atoms with Crippen LogP contribution in [-0.2, 0) is 10.3 Å². The van der Waals surface area contributed by atoms with Gasteiger partial charge < -0.3 is 5.32 Å². The number of fused-ring (bicyclic) bond motifs is 1. The van der Waals surface area contributed by atoms with Crippen molar-refractivity contribution >= 4 is 34.4 Å². The molecule has 26 heavy (non-hydrogen) atoms. The Kier molecular flexibility index (Phi) is 4.71. The van der Waals surface area contributed by atoms with Crippen LogP contribution in [0.4, 0.5) is 5.82 Å². The van der Waals surface area contributed by atoms with Crippen LogP contribution in [0.5, 0.6) is 0 Å². The molecule has 0 spiro atoms. The lowest BCUT2D eigenvalue weighted by Crippen LogP contribution is -2.23. The van der Waals surface area contributed by atoms with E-state index in [0.29, 0.717) is 22.2 Å². The van der Waals surface area contributed by atoms with Crippen LogP contribution in [0.1, 0.15) is 34.6 Å². The van der Waals surface area contributed by atoms with Gasteiger partial charge in [-0.3, -0.25) is 4.79 Å². The number of hydrogen-bond acceptors (Lipinski definition) is 4. The summed E-state index contributed by atoms with van der Waals surface area (Å²) >= 11 is 6.02. The third-order valence-electron chi connectivity index (χ3n) is 3.98. The number of anilines is 1. The number of carbonyl (C=O) groups excluding carboxylic acids is 1. The van der Waals surface area contributed by atoms with Crippen molar-refractivity contribution in [2.45, 2.75) is 40.2 Å². The smallest absolute Gasteiger partial charge is 0.228 e. The molecule has 1 amide bonds. The summed E-state index contributed by atoms with van der Waals surface area (Å²) in [5, 5.41) is 9.07. The Morgan fingerprint density at radius 2 is 1.81 bits per heavy atom. The number of aromatic nitrogens is 4. The molecule has 0 fully saturated rings. The number of benzene rings is 1. The van der Waals surface area contributed by atoms with Crippen LogP contribution in [0, 0.1) is 5.92 Å². The van der Waals surface area contributed by atoms with Gasteiger partial charge in [-0.15, -0.1) is 0 Å². The molecular formula is C19H22ClN5O. The molecule has 0 aliphatic heterocycles. The highest BCUT2D eigenvalue weighted by Gasteiger charge is 2.25. The summed E-state index contributed by atoms with van der Waals surface area (Å²) < 4.78 is 1.86. The summed E-state index contributed by atoms with van der Waals surface area (Å²) in [6, 6.07) is 7.43. The molecule has 0 saturated carbocycles. The van der Waals surface area contributed by atoms with Crippen LogP contribution in [0.2, 0.25) is 5.02 Å². The van der Waals surface area contributed by atoms with Gasteiger partial charge in [0.25, 0.3) is 0 Å². The van der Waals surface area contributed by atoms with Crippen LogP contribution in [0.25, 0.3) is 22.3 Å². The average molecular weight is 372 g/mol. The molecule has 1 N–H and O–H groups in total. The van der Waals surface area contributed by atoms with Crippen molar-refractivity contribution < 1.29 is 4.79 Å². The number of carbonyl (C=O) groups is 1. The summed E-state index contributed by atoms with van der Waals surface area (Å²) in [6.07, 6.45) is 1.45. The van der Waals surface area contributed by atoms with Crippen LogP contribution < -0.4 is 5.32 Å². The van der Waals surface area contributed by atoms with Gasteiger partial charge in [0.2, 0.25) is 5.91 Å². The second kappa shape index (κ2) is 6.68. The number of hydrogen-bond donors (Lipinski definition) is 1. The van der Waals surface area contributed by atoms with Gasteiger partial charge in [-0.1, -0.05) is 37.6 Å². The molecule has 7 heteroatoms. The SMILES string of the molecule is CC(C)C(=O)Nc1ncnc2c1c(-c1ccc(Cl)cc1)nn2C(C)(C)C. The maximum atomic E-state index is 12.2. The van der Waals surface area contributed by atoms with Crippen molar-refractivity contribution in [1.29, 1.82) is 0 Å². The molecule has 0 unspecified atom stereocenters. The fraction of sp³-hybridized carbons (Fsp3) is 0.368. The van der Waals surface area contributed by atoms with Crippen LogP contribution in [-0.4, -0.2) is 25.7 Å². The molecule has 0 aliphatic carbocycles. The van der Waals surface area contributed by atoms with Crippen LogP contribution in [0.15, 0.2) is 30.6 Å². The van der Waals surface area contributed by atoms with E-state index >= 15 is 0 Å². The van der Waals surface area contributed by atoms with E-state index in [1.807, 2.05) is 42.8 Å². The van der Waals surface area contributed by atoms with E-state index in [9.17, 15) is 4.79 Å². The number of rotatable bonds is 3. The highest BCUT2D eigenvalue weighted by atomic mass is 35.5. The lowest BCUT2D eigenvalue weighted by Gasteiger charge is -2.19. The minimum atomic E-state index is -0.281. The van der Waals surface area contributed by atoms with Crippen molar-refractivity contribution in [1.82, 2.24) is 19.7 Å². The first-order chi connectivity index (χ1) is 12.2. The van der Waals surface area contributed by atoms with Gasteiger partial charge in [-0.2, -0.15) is 5.10 Å². The monoisotopic (exact) mass is 371 g/mol. The highest BCUT2D eigenvalue weighted by Crippen LogP contribution is 2.34. The van der Waals surface area contributed by atoms with Crippen molar-refractivity contribution in [3.05, 3.63) is 35.6 Å². The van der Waals surface area contributed by atoms with Crippen LogP contribution >= 0.6 is 11.6 Å². The second-order valence-corrected chi connectivity index (χ2v) is 7.94. The average Bonchev–Trinajstić information content (AvgIpc) is 2.96. The lowest BCUT2D eigenvalue weighted by atomic mass is 10.1. The van der Waals surface area contributed by atoms with Crippen LogP contribution in [0.3, 0.4) is 0 Å². The first-order valence-corrected chi connectivity index (χ1v) is 8.87. The van der Waals surface area contributed by atoms with E-state index in [0.717, 1.165) is 10.9 Å². The first kappa shape index (κ1) is 18.3. The topological polar surface area (TPSA) is 72.7 Å². The molecule has 0 saturated heterocycles. The molecule has 1 aromatic carbocycles.